The predicted molar refractivity (Wildman–Crippen MR) is 118 cm³/mol. The Labute approximate surface area is 178 Å². The average Bonchev–Trinajstić information content (AvgIpc) is 3.38. The summed E-state index contributed by atoms with van der Waals surface area (Å²) in [6, 6.07) is 15.3. The first-order chi connectivity index (χ1) is 14.7. The van der Waals surface area contributed by atoms with E-state index in [1.807, 2.05) is 53.4 Å². The van der Waals surface area contributed by atoms with Crippen molar-refractivity contribution in [1.82, 2.24) is 25.1 Å². The largest absolute Gasteiger partial charge is 0.353 e. The van der Waals surface area contributed by atoms with Crippen LogP contribution in [0.15, 0.2) is 54.9 Å². The second kappa shape index (κ2) is 7.84. The van der Waals surface area contributed by atoms with Gasteiger partial charge in [0.1, 0.15) is 0 Å². The van der Waals surface area contributed by atoms with Gasteiger partial charge in [-0.3, -0.25) is 9.89 Å². The van der Waals surface area contributed by atoms with Gasteiger partial charge in [-0.25, -0.2) is 4.98 Å². The molecule has 0 atom stereocenters. The van der Waals surface area contributed by atoms with E-state index in [1.54, 1.807) is 6.33 Å². The highest BCUT2D eigenvalue weighted by Crippen LogP contribution is 2.24. The van der Waals surface area contributed by atoms with E-state index >= 15 is 0 Å². The number of nitrogens with zero attached hydrogens (tertiary/aromatic N) is 4. The molecule has 5 rings (SSSR count). The summed E-state index contributed by atoms with van der Waals surface area (Å²) >= 11 is 5.98. The van der Waals surface area contributed by atoms with Crippen molar-refractivity contribution in [3.8, 4) is 11.3 Å². The molecule has 0 unspecified atom stereocenters. The number of fused-ring (bicyclic) bond motifs is 1. The lowest BCUT2D eigenvalue weighted by Gasteiger charge is -2.22. The lowest BCUT2D eigenvalue weighted by molar-refractivity contribution is 0.0767. The number of hydrogen-bond acceptors (Lipinski definition) is 4. The van der Waals surface area contributed by atoms with Crippen LogP contribution in [0.4, 0.5) is 5.82 Å². The van der Waals surface area contributed by atoms with Crippen molar-refractivity contribution in [1.29, 1.82) is 0 Å². The molecule has 2 aromatic heterocycles. The number of rotatable bonds is 3. The molecule has 8 heteroatoms. The lowest BCUT2D eigenvalue weighted by atomic mass is 10.1. The molecule has 1 saturated heterocycles. The number of imidazole rings is 1. The van der Waals surface area contributed by atoms with Gasteiger partial charge in [-0.2, -0.15) is 5.10 Å². The highest BCUT2D eigenvalue weighted by atomic mass is 35.5. The number of hydrogen-bond donors (Lipinski definition) is 2. The molecule has 0 saturated carbocycles. The number of nitrogens with one attached hydrogen (secondary N) is 2. The number of carbonyl (C=O) groups is 1. The van der Waals surface area contributed by atoms with Crippen LogP contribution in [0.1, 0.15) is 16.8 Å². The third-order valence-electron chi connectivity index (χ3n) is 5.49. The molecule has 30 heavy (non-hydrogen) atoms. The number of aromatic nitrogens is 4. The molecule has 1 aliphatic heterocycles. The molecule has 3 heterocycles. The van der Waals surface area contributed by atoms with Crippen LogP contribution in [-0.2, 0) is 0 Å². The summed E-state index contributed by atoms with van der Waals surface area (Å²) in [6.45, 7) is 2.98. The van der Waals surface area contributed by atoms with Gasteiger partial charge in [0.2, 0.25) is 0 Å². The second-order valence-corrected chi connectivity index (χ2v) is 7.85. The van der Waals surface area contributed by atoms with Gasteiger partial charge in [-0.1, -0.05) is 23.7 Å². The van der Waals surface area contributed by atoms with Crippen LogP contribution >= 0.6 is 11.6 Å². The monoisotopic (exact) mass is 420 g/mol. The molecule has 0 spiro atoms. The number of H-pyrrole nitrogens is 2. The normalized spacial score (nSPS) is 14.8. The molecule has 1 amide bonds. The van der Waals surface area contributed by atoms with Crippen molar-refractivity contribution < 1.29 is 4.79 Å². The van der Waals surface area contributed by atoms with E-state index in [-0.39, 0.29) is 5.91 Å². The molecular weight excluding hydrogens is 400 g/mol. The summed E-state index contributed by atoms with van der Waals surface area (Å²) in [7, 11) is 0. The van der Waals surface area contributed by atoms with Crippen LogP contribution in [0.5, 0.6) is 0 Å². The number of amides is 1. The summed E-state index contributed by atoms with van der Waals surface area (Å²) in [4.78, 5) is 24.4. The number of benzene rings is 2. The minimum absolute atomic E-state index is 0.0530. The van der Waals surface area contributed by atoms with Gasteiger partial charge in [0.25, 0.3) is 5.91 Å². The first kappa shape index (κ1) is 18.7. The molecule has 152 valence electrons. The quantitative estimate of drug-likeness (QED) is 0.525. The lowest BCUT2D eigenvalue weighted by Crippen LogP contribution is -2.35. The van der Waals surface area contributed by atoms with Gasteiger partial charge in [0.05, 0.1) is 23.1 Å². The maximum Gasteiger partial charge on any atom is 0.253 e. The van der Waals surface area contributed by atoms with Crippen LogP contribution in [0.3, 0.4) is 0 Å². The van der Waals surface area contributed by atoms with Gasteiger partial charge in [0.15, 0.2) is 5.82 Å². The zero-order chi connectivity index (χ0) is 20.5. The van der Waals surface area contributed by atoms with Crippen LogP contribution in [0.2, 0.25) is 5.02 Å². The van der Waals surface area contributed by atoms with Crippen LogP contribution in [-0.4, -0.2) is 57.2 Å². The summed E-state index contributed by atoms with van der Waals surface area (Å²) in [5.74, 6) is 0.949. The molecule has 2 N–H and O–H groups in total. The zero-order valence-corrected chi connectivity index (χ0v) is 17.1. The Bertz CT molecular complexity index is 1180. The smallest absolute Gasteiger partial charge is 0.253 e. The number of anilines is 1. The molecule has 0 bridgehead atoms. The van der Waals surface area contributed by atoms with Gasteiger partial charge in [0, 0.05) is 42.8 Å². The topological polar surface area (TPSA) is 80.9 Å². The minimum Gasteiger partial charge on any atom is -0.353 e. The van der Waals surface area contributed by atoms with Gasteiger partial charge < -0.3 is 14.8 Å². The summed E-state index contributed by atoms with van der Waals surface area (Å²) in [6.07, 6.45) is 2.53. The number of halogens is 1. The summed E-state index contributed by atoms with van der Waals surface area (Å²) < 4.78 is 0. The third-order valence-corrected chi connectivity index (χ3v) is 5.75. The Morgan fingerprint density at radius 1 is 1.00 bits per heavy atom. The van der Waals surface area contributed by atoms with Crippen molar-refractivity contribution in [2.45, 2.75) is 6.42 Å². The Hall–Kier alpha value is -3.32. The molecule has 1 aliphatic rings. The van der Waals surface area contributed by atoms with E-state index < -0.39 is 0 Å². The minimum atomic E-state index is 0.0530. The van der Waals surface area contributed by atoms with Crippen molar-refractivity contribution in [3.63, 3.8) is 0 Å². The fraction of sp³-hybridized carbons (Fsp3) is 0.227. The first-order valence-electron chi connectivity index (χ1n) is 9.96. The Morgan fingerprint density at radius 3 is 2.73 bits per heavy atom. The van der Waals surface area contributed by atoms with E-state index in [9.17, 15) is 4.79 Å². The molecular formula is C22H21ClN6O. The molecule has 4 aromatic rings. The van der Waals surface area contributed by atoms with E-state index in [0.717, 1.165) is 54.2 Å². The van der Waals surface area contributed by atoms with Crippen LogP contribution < -0.4 is 4.90 Å². The highest BCUT2D eigenvalue weighted by molar-refractivity contribution is 6.30. The molecule has 2 aromatic carbocycles. The van der Waals surface area contributed by atoms with Crippen molar-refractivity contribution in [2.24, 2.45) is 0 Å². The number of aromatic amines is 2. The van der Waals surface area contributed by atoms with Gasteiger partial charge in [-0.05, 0) is 42.3 Å². The van der Waals surface area contributed by atoms with Crippen molar-refractivity contribution in [2.75, 3.05) is 31.1 Å². The van der Waals surface area contributed by atoms with Gasteiger partial charge in [-0.15, -0.1) is 0 Å². The average molecular weight is 421 g/mol. The molecule has 1 fully saturated rings. The molecule has 7 nitrogen and oxygen atoms in total. The fourth-order valence-corrected chi connectivity index (χ4v) is 3.98. The van der Waals surface area contributed by atoms with E-state index in [4.69, 9.17) is 11.6 Å². The maximum atomic E-state index is 13.0. The fourth-order valence-electron chi connectivity index (χ4n) is 3.85. The Balaban J connectivity index is 1.28. The highest BCUT2D eigenvalue weighted by Gasteiger charge is 2.22. The predicted octanol–water partition coefficient (Wildman–Crippen LogP) is 3.96. The zero-order valence-electron chi connectivity index (χ0n) is 16.3. The molecule has 0 aliphatic carbocycles. The molecule has 0 radical (unpaired) electrons. The standard InChI is InChI=1S/C22H21ClN6O/c23-17-5-2-15(3-6-17)19-13-21(27-26-19)28-8-1-9-29(11-10-28)22(30)16-4-7-18-20(12-16)25-14-24-18/h2-7,12-14H,1,8-11H2,(H,24,25)(H,26,27). The van der Waals surface area contributed by atoms with Gasteiger partial charge >= 0.3 is 0 Å². The van der Waals surface area contributed by atoms with E-state index in [1.165, 1.54) is 0 Å². The van der Waals surface area contributed by atoms with E-state index in [2.05, 4.69) is 25.1 Å². The van der Waals surface area contributed by atoms with Crippen LogP contribution in [0.25, 0.3) is 22.3 Å². The SMILES string of the molecule is O=C(c1ccc2nc[nH]c2c1)N1CCCN(c2cc(-c3ccc(Cl)cc3)[nH]n2)CC1. The third kappa shape index (κ3) is 3.64. The Kier molecular flexibility index (Phi) is 4.88. The van der Waals surface area contributed by atoms with Crippen molar-refractivity contribution >= 4 is 34.4 Å². The summed E-state index contributed by atoms with van der Waals surface area (Å²) in [5.41, 5.74) is 4.42. The maximum absolute atomic E-state index is 13.0. The Morgan fingerprint density at radius 2 is 1.87 bits per heavy atom. The second-order valence-electron chi connectivity index (χ2n) is 7.41. The van der Waals surface area contributed by atoms with Crippen molar-refractivity contribution in [3.05, 3.63) is 65.4 Å². The van der Waals surface area contributed by atoms with Crippen LogP contribution in [0, 0.1) is 0 Å². The first-order valence-corrected chi connectivity index (χ1v) is 10.3. The number of carbonyl (C=O) groups excluding carboxylic acids is 1. The van der Waals surface area contributed by atoms with E-state index in [0.29, 0.717) is 17.1 Å². The summed E-state index contributed by atoms with van der Waals surface area (Å²) in [5, 5.41) is 8.31.